The van der Waals surface area contributed by atoms with Crippen LogP contribution in [0.4, 0.5) is 11.5 Å². The van der Waals surface area contributed by atoms with Crippen molar-refractivity contribution in [2.45, 2.75) is 20.3 Å². The van der Waals surface area contributed by atoms with Crippen LogP contribution in [0.15, 0.2) is 48.5 Å². The van der Waals surface area contributed by atoms with Crippen molar-refractivity contribution in [3.8, 4) is 11.4 Å². The molecule has 1 aliphatic heterocycles. The van der Waals surface area contributed by atoms with Crippen molar-refractivity contribution in [3.63, 3.8) is 0 Å². The molecular weight excluding hydrogens is 352 g/mol. The van der Waals surface area contributed by atoms with Gasteiger partial charge in [0.15, 0.2) is 5.82 Å². The zero-order chi connectivity index (χ0) is 19.8. The lowest BCUT2D eigenvalue weighted by Gasteiger charge is -2.18. The van der Waals surface area contributed by atoms with Gasteiger partial charge in [-0.15, -0.1) is 0 Å². The smallest absolute Gasteiger partial charge is 0.237 e. The van der Waals surface area contributed by atoms with Gasteiger partial charge in [0.1, 0.15) is 5.82 Å². The van der Waals surface area contributed by atoms with Gasteiger partial charge in [0.05, 0.1) is 30.1 Å². The van der Waals surface area contributed by atoms with Crippen LogP contribution in [0.3, 0.4) is 0 Å². The van der Waals surface area contributed by atoms with Gasteiger partial charge >= 0.3 is 0 Å². The van der Waals surface area contributed by atoms with Crippen molar-refractivity contribution in [3.05, 3.63) is 70.9 Å². The number of benzene rings is 2. The third kappa shape index (κ3) is 3.08. The monoisotopic (exact) mass is 372 g/mol. The molecule has 3 aromatic rings. The molecule has 28 heavy (non-hydrogen) atoms. The van der Waals surface area contributed by atoms with E-state index in [1.807, 2.05) is 62.4 Å². The molecule has 0 saturated heterocycles. The molecular formula is C22H20N4O2. The summed E-state index contributed by atoms with van der Waals surface area (Å²) in [6.45, 7) is 3.54. The quantitative estimate of drug-likeness (QED) is 0.687. The number of hydrogen-bond acceptors (Lipinski definition) is 5. The van der Waals surface area contributed by atoms with Crippen LogP contribution in [0.1, 0.15) is 22.4 Å². The molecule has 0 bridgehead atoms. The van der Waals surface area contributed by atoms with E-state index >= 15 is 0 Å². The predicted molar refractivity (Wildman–Crippen MR) is 108 cm³/mol. The highest BCUT2D eigenvalue weighted by Crippen LogP contribution is 2.37. The Morgan fingerprint density at radius 3 is 2.25 bits per heavy atom. The molecule has 6 heteroatoms. The Bertz CT molecular complexity index is 1070. The number of rotatable bonds is 4. The van der Waals surface area contributed by atoms with E-state index in [1.165, 1.54) is 0 Å². The number of amides is 1. The number of fused-ring (bicyclic) bond motifs is 1. The van der Waals surface area contributed by atoms with Gasteiger partial charge in [0.2, 0.25) is 5.91 Å². The number of aliphatic hydroxyl groups excluding tert-OH is 1. The number of nitrogens with one attached hydrogen (secondary N) is 1. The van der Waals surface area contributed by atoms with E-state index in [9.17, 15) is 9.90 Å². The molecule has 0 aliphatic carbocycles. The van der Waals surface area contributed by atoms with Crippen molar-refractivity contribution in [1.82, 2.24) is 9.97 Å². The van der Waals surface area contributed by atoms with E-state index in [-0.39, 0.29) is 18.0 Å². The van der Waals surface area contributed by atoms with E-state index in [1.54, 1.807) is 4.90 Å². The Labute approximate surface area is 163 Å². The van der Waals surface area contributed by atoms with Crippen molar-refractivity contribution in [2.24, 2.45) is 0 Å². The van der Waals surface area contributed by atoms with E-state index in [2.05, 4.69) is 9.97 Å². The van der Waals surface area contributed by atoms with Gasteiger partial charge in [-0.1, -0.05) is 47.5 Å². The topological polar surface area (TPSA) is 90.2 Å². The molecule has 0 spiro atoms. The van der Waals surface area contributed by atoms with Gasteiger partial charge in [-0.25, -0.2) is 9.97 Å². The maximum atomic E-state index is 12.8. The molecule has 2 aromatic carbocycles. The van der Waals surface area contributed by atoms with Crippen LogP contribution < -0.4 is 4.90 Å². The Morgan fingerprint density at radius 1 is 1.04 bits per heavy atom. The molecule has 0 atom stereocenters. The summed E-state index contributed by atoms with van der Waals surface area (Å²) in [5.41, 5.74) is 4.62. The molecule has 1 amide bonds. The molecule has 1 aromatic heterocycles. The lowest BCUT2D eigenvalue weighted by molar-refractivity contribution is -0.116. The first-order valence-electron chi connectivity index (χ1n) is 9.04. The summed E-state index contributed by atoms with van der Waals surface area (Å²) in [7, 11) is 0. The summed E-state index contributed by atoms with van der Waals surface area (Å²) in [4.78, 5) is 23.6. The summed E-state index contributed by atoms with van der Waals surface area (Å²) in [6.07, 6.45) is 0.106. The number of aliphatic hydroxyl groups is 1. The lowest BCUT2D eigenvalue weighted by Crippen LogP contribution is -2.21. The molecule has 2 heterocycles. The van der Waals surface area contributed by atoms with Crippen molar-refractivity contribution >= 4 is 23.1 Å². The van der Waals surface area contributed by atoms with Crippen molar-refractivity contribution in [2.75, 3.05) is 11.5 Å². The zero-order valence-electron chi connectivity index (χ0n) is 15.7. The van der Waals surface area contributed by atoms with Gasteiger partial charge in [0, 0.05) is 11.1 Å². The highest BCUT2D eigenvalue weighted by Gasteiger charge is 2.34. The van der Waals surface area contributed by atoms with Crippen molar-refractivity contribution < 1.29 is 9.90 Å². The van der Waals surface area contributed by atoms with E-state index < -0.39 is 6.61 Å². The molecule has 1 aliphatic rings. The molecule has 0 fully saturated rings. The minimum absolute atomic E-state index is 0.0226. The van der Waals surface area contributed by atoms with Gasteiger partial charge in [-0.3, -0.25) is 9.69 Å². The molecule has 2 N–H and O–H groups in total. The first-order chi connectivity index (χ1) is 13.5. The van der Waals surface area contributed by atoms with Crippen LogP contribution in [0.25, 0.3) is 11.4 Å². The van der Waals surface area contributed by atoms with E-state index in [0.717, 1.165) is 22.4 Å². The molecule has 6 nitrogen and oxygen atoms in total. The minimum atomic E-state index is -0.449. The van der Waals surface area contributed by atoms with E-state index in [0.29, 0.717) is 22.9 Å². The number of carbonyl (C=O) groups is 1. The Hall–Kier alpha value is -3.38. The third-order valence-electron chi connectivity index (χ3n) is 4.82. The number of nitrogens with zero attached hydrogens (tertiary/aromatic N) is 3. The Kier molecular flexibility index (Phi) is 4.49. The Balaban J connectivity index is 1.91. The fourth-order valence-corrected chi connectivity index (χ4v) is 3.28. The van der Waals surface area contributed by atoms with Crippen LogP contribution in [-0.2, 0) is 11.2 Å². The number of hydrogen-bond donors (Lipinski definition) is 2. The predicted octanol–water partition coefficient (Wildman–Crippen LogP) is 3.34. The third-order valence-corrected chi connectivity index (χ3v) is 4.82. The minimum Gasteiger partial charge on any atom is -0.390 e. The molecule has 0 saturated carbocycles. The van der Waals surface area contributed by atoms with E-state index in [4.69, 9.17) is 5.41 Å². The number of carbonyl (C=O) groups excluding carboxylic acids is 1. The largest absolute Gasteiger partial charge is 0.390 e. The number of anilines is 2. The highest BCUT2D eigenvalue weighted by atomic mass is 16.3. The number of aryl methyl sites for hydroxylation is 2. The second-order valence-corrected chi connectivity index (χ2v) is 6.94. The summed E-state index contributed by atoms with van der Waals surface area (Å²) >= 11 is 0. The first kappa shape index (κ1) is 18.0. The maximum Gasteiger partial charge on any atom is 0.237 e. The van der Waals surface area contributed by atoms with Crippen LogP contribution in [0, 0.1) is 19.3 Å². The van der Waals surface area contributed by atoms with Gasteiger partial charge in [-0.05, 0) is 26.0 Å². The lowest BCUT2D eigenvalue weighted by atomic mass is 10.1. The van der Waals surface area contributed by atoms with Gasteiger partial charge < -0.3 is 10.5 Å². The summed E-state index contributed by atoms with van der Waals surface area (Å²) in [5, 5.41) is 17.6. The van der Waals surface area contributed by atoms with Crippen LogP contribution in [0.5, 0.6) is 0 Å². The summed E-state index contributed by atoms with van der Waals surface area (Å²) in [5.74, 6) is 0.785. The molecule has 0 radical (unpaired) electrons. The van der Waals surface area contributed by atoms with Gasteiger partial charge in [-0.2, -0.15) is 0 Å². The maximum absolute atomic E-state index is 12.8. The van der Waals surface area contributed by atoms with Crippen molar-refractivity contribution in [1.29, 1.82) is 5.41 Å². The highest BCUT2D eigenvalue weighted by molar-refractivity contribution is 6.10. The van der Waals surface area contributed by atoms with Crippen LogP contribution >= 0.6 is 0 Å². The second-order valence-electron chi connectivity index (χ2n) is 6.94. The second kappa shape index (κ2) is 6.98. The van der Waals surface area contributed by atoms with Gasteiger partial charge in [0.25, 0.3) is 0 Å². The Morgan fingerprint density at radius 2 is 1.64 bits per heavy atom. The SMILES string of the molecule is Cc1ccc(-c2nc(C(=N)CO)c3c(n2)N(c2ccc(C)cc2)C(=O)C3)cc1. The summed E-state index contributed by atoms with van der Waals surface area (Å²) in [6, 6.07) is 15.4. The first-order valence-corrected chi connectivity index (χ1v) is 9.04. The average molecular weight is 372 g/mol. The summed E-state index contributed by atoms with van der Waals surface area (Å²) < 4.78 is 0. The fraction of sp³-hybridized carbons (Fsp3) is 0.182. The van der Waals surface area contributed by atoms with Crippen LogP contribution in [-0.4, -0.2) is 33.3 Å². The molecule has 140 valence electrons. The fourth-order valence-electron chi connectivity index (χ4n) is 3.28. The standard InChI is InChI=1S/C22H20N4O2/c1-13-3-7-15(8-4-13)21-24-20(18(23)12-27)17-11-19(28)26(22(17)25-21)16-9-5-14(2)6-10-16/h3-10,23,27H,11-12H2,1-2H3. The van der Waals surface area contributed by atoms with Crippen LogP contribution in [0.2, 0.25) is 0 Å². The number of aromatic nitrogens is 2. The average Bonchev–Trinajstić information content (AvgIpc) is 3.03. The molecule has 0 unspecified atom stereocenters. The molecule has 4 rings (SSSR count). The normalized spacial score (nSPS) is 13.0. The zero-order valence-corrected chi connectivity index (χ0v) is 15.7.